The lowest BCUT2D eigenvalue weighted by molar-refractivity contribution is -0.121. The first-order valence-corrected chi connectivity index (χ1v) is 13.3. The Morgan fingerprint density at radius 1 is 0.833 bits per heavy atom. The van der Waals surface area contributed by atoms with Crippen molar-refractivity contribution in [2.24, 2.45) is 5.10 Å². The Morgan fingerprint density at radius 3 is 2.06 bits per heavy atom. The van der Waals surface area contributed by atoms with Gasteiger partial charge in [0.05, 0.1) is 18.9 Å². The van der Waals surface area contributed by atoms with E-state index in [1.54, 1.807) is 36.5 Å². The molecule has 196 valence electrons. The summed E-state index contributed by atoms with van der Waals surface area (Å²) in [6, 6.07) is 12.3. The fourth-order valence-corrected chi connectivity index (χ4v) is 3.88. The van der Waals surface area contributed by atoms with Crippen LogP contribution in [-0.4, -0.2) is 25.2 Å². The molecule has 36 heavy (non-hydrogen) atoms. The van der Waals surface area contributed by atoms with Crippen LogP contribution in [0, 0.1) is 6.92 Å². The molecule has 2 rings (SSSR count). The molecule has 6 heteroatoms. The summed E-state index contributed by atoms with van der Waals surface area (Å²) in [7, 11) is 1.51. The average molecular weight is 495 g/mol. The second kappa shape index (κ2) is 17.3. The summed E-state index contributed by atoms with van der Waals surface area (Å²) in [6.45, 7) is 4.21. The molecule has 0 unspecified atom stereocenters. The zero-order chi connectivity index (χ0) is 26.0. The number of amides is 1. The van der Waals surface area contributed by atoms with Crippen LogP contribution in [0.1, 0.15) is 105 Å². The molecule has 0 spiro atoms. The Labute approximate surface area is 216 Å². The molecule has 2 aromatic carbocycles. The molecule has 0 saturated heterocycles. The van der Waals surface area contributed by atoms with Crippen LogP contribution < -0.4 is 14.9 Å². The summed E-state index contributed by atoms with van der Waals surface area (Å²) >= 11 is 0. The number of benzene rings is 2. The van der Waals surface area contributed by atoms with Gasteiger partial charge >= 0.3 is 5.97 Å². The molecule has 0 aliphatic rings. The van der Waals surface area contributed by atoms with Crippen LogP contribution in [-0.2, 0) is 4.79 Å². The van der Waals surface area contributed by atoms with E-state index < -0.39 is 5.97 Å². The topological polar surface area (TPSA) is 77.0 Å². The monoisotopic (exact) mass is 494 g/mol. The maximum atomic E-state index is 12.4. The molecular formula is C30H42N2O4. The van der Waals surface area contributed by atoms with Crippen molar-refractivity contribution >= 4 is 18.1 Å². The standard InChI is InChI=1S/C30H42N2O4/c1-4-5-6-7-8-9-10-11-12-13-14-15-29(33)32-31-23-25-18-21-27(28(22-25)35-3)36-30(34)26-19-16-24(2)17-20-26/h16-23H,4-15H2,1-3H3,(H,32,33)/b31-23+. The smallest absolute Gasteiger partial charge is 0.343 e. The molecule has 0 radical (unpaired) electrons. The predicted molar refractivity (Wildman–Crippen MR) is 146 cm³/mol. The fourth-order valence-electron chi connectivity index (χ4n) is 3.88. The third-order valence-corrected chi connectivity index (χ3v) is 6.09. The zero-order valence-electron chi connectivity index (χ0n) is 22.2. The van der Waals surface area contributed by atoms with Crippen molar-refractivity contribution in [2.45, 2.75) is 90.9 Å². The SMILES string of the molecule is CCCCCCCCCCCCCC(=O)N/N=C/c1ccc(OC(=O)c2ccc(C)cc2)c(OC)c1. The third-order valence-electron chi connectivity index (χ3n) is 6.09. The van der Waals surface area contributed by atoms with Crippen LogP contribution in [0.2, 0.25) is 0 Å². The van der Waals surface area contributed by atoms with Crippen molar-refractivity contribution in [1.29, 1.82) is 0 Å². The van der Waals surface area contributed by atoms with Crippen molar-refractivity contribution in [3.05, 3.63) is 59.2 Å². The first-order chi connectivity index (χ1) is 17.5. The highest BCUT2D eigenvalue weighted by Gasteiger charge is 2.12. The third kappa shape index (κ3) is 11.5. The van der Waals surface area contributed by atoms with E-state index >= 15 is 0 Å². The Hall–Kier alpha value is -3.15. The van der Waals surface area contributed by atoms with Gasteiger partial charge in [-0.2, -0.15) is 5.10 Å². The maximum absolute atomic E-state index is 12.4. The summed E-state index contributed by atoms with van der Waals surface area (Å²) in [4.78, 5) is 24.4. The van der Waals surface area contributed by atoms with Crippen LogP contribution in [0.25, 0.3) is 0 Å². The largest absolute Gasteiger partial charge is 0.493 e. The molecule has 0 aliphatic heterocycles. The van der Waals surface area contributed by atoms with E-state index in [9.17, 15) is 9.59 Å². The van der Waals surface area contributed by atoms with Crippen LogP contribution in [0.3, 0.4) is 0 Å². The molecule has 0 heterocycles. The number of carbonyl (C=O) groups excluding carboxylic acids is 2. The van der Waals surface area contributed by atoms with Gasteiger partial charge in [0.25, 0.3) is 0 Å². The van der Waals surface area contributed by atoms with Gasteiger partial charge in [-0.3, -0.25) is 4.79 Å². The average Bonchev–Trinajstić information content (AvgIpc) is 2.88. The van der Waals surface area contributed by atoms with Crippen LogP contribution in [0.4, 0.5) is 0 Å². The van der Waals surface area contributed by atoms with Crippen molar-refractivity contribution in [3.8, 4) is 11.5 Å². The number of esters is 1. The number of rotatable bonds is 17. The van der Waals surface area contributed by atoms with Gasteiger partial charge < -0.3 is 9.47 Å². The minimum absolute atomic E-state index is 0.0854. The van der Waals surface area contributed by atoms with Gasteiger partial charge in [0.15, 0.2) is 11.5 Å². The molecule has 0 bridgehead atoms. The molecule has 0 saturated carbocycles. The molecule has 2 aromatic rings. The van der Waals surface area contributed by atoms with Gasteiger partial charge in [-0.1, -0.05) is 88.8 Å². The first-order valence-electron chi connectivity index (χ1n) is 13.3. The number of ether oxygens (including phenoxy) is 2. The molecule has 1 N–H and O–H groups in total. The number of carbonyl (C=O) groups is 2. The van der Waals surface area contributed by atoms with Gasteiger partial charge in [-0.05, 0) is 49.2 Å². The van der Waals surface area contributed by atoms with E-state index in [2.05, 4.69) is 17.5 Å². The Bertz CT molecular complexity index is 954. The van der Waals surface area contributed by atoms with Gasteiger partial charge in [-0.15, -0.1) is 0 Å². The minimum Gasteiger partial charge on any atom is -0.493 e. The summed E-state index contributed by atoms with van der Waals surface area (Å²) in [5.41, 5.74) is 4.84. The number of nitrogens with one attached hydrogen (secondary N) is 1. The highest BCUT2D eigenvalue weighted by atomic mass is 16.6. The minimum atomic E-state index is -0.454. The van der Waals surface area contributed by atoms with Gasteiger partial charge in [-0.25, -0.2) is 10.2 Å². The Kier molecular flexibility index (Phi) is 14.0. The number of aryl methyl sites for hydroxylation is 1. The van der Waals surface area contributed by atoms with Crippen molar-refractivity contribution in [3.63, 3.8) is 0 Å². The number of nitrogens with zero attached hydrogens (tertiary/aromatic N) is 1. The fraction of sp³-hybridized carbons (Fsp3) is 0.500. The second-order valence-electron chi connectivity index (χ2n) is 9.24. The summed E-state index contributed by atoms with van der Waals surface area (Å²) in [5.74, 6) is 0.189. The maximum Gasteiger partial charge on any atom is 0.343 e. The predicted octanol–water partition coefficient (Wildman–Crippen LogP) is 7.37. The highest BCUT2D eigenvalue weighted by Crippen LogP contribution is 2.28. The van der Waals surface area contributed by atoms with E-state index in [0.717, 1.165) is 24.0 Å². The lowest BCUT2D eigenvalue weighted by Gasteiger charge is -2.10. The van der Waals surface area contributed by atoms with E-state index in [-0.39, 0.29) is 5.91 Å². The van der Waals surface area contributed by atoms with Crippen molar-refractivity contribution in [2.75, 3.05) is 7.11 Å². The highest BCUT2D eigenvalue weighted by molar-refractivity contribution is 5.91. The molecule has 0 atom stereocenters. The summed E-state index contributed by atoms with van der Waals surface area (Å²) in [5, 5.41) is 4.05. The van der Waals surface area contributed by atoms with Crippen molar-refractivity contribution in [1.82, 2.24) is 5.43 Å². The number of hydrazone groups is 1. The van der Waals surface area contributed by atoms with Crippen molar-refractivity contribution < 1.29 is 19.1 Å². The number of hydrogen-bond donors (Lipinski definition) is 1. The number of unbranched alkanes of at least 4 members (excludes halogenated alkanes) is 10. The molecule has 0 aromatic heterocycles. The first kappa shape index (κ1) is 29.1. The molecule has 6 nitrogen and oxygen atoms in total. The lowest BCUT2D eigenvalue weighted by Crippen LogP contribution is -2.16. The number of methoxy groups -OCH3 is 1. The molecular weight excluding hydrogens is 452 g/mol. The molecule has 0 aliphatic carbocycles. The summed E-state index contributed by atoms with van der Waals surface area (Å²) < 4.78 is 10.9. The molecule has 0 fully saturated rings. The Balaban J connectivity index is 1.66. The Morgan fingerprint density at radius 2 is 1.44 bits per heavy atom. The van der Waals surface area contributed by atoms with Crippen LogP contribution >= 0.6 is 0 Å². The molecule has 1 amide bonds. The summed E-state index contributed by atoms with van der Waals surface area (Å²) in [6.07, 6.45) is 15.8. The van der Waals surface area contributed by atoms with Gasteiger partial charge in [0.2, 0.25) is 5.91 Å². The van der Waals surface area contributed by atoms with Crippen LogP contribution in [0.15, 0.2) is 47.6 Å². The van der Waals surface area contributed by atoms with E-state index in [4.69, 9.17) is 9.47 Å². The van der Waals surface area contributed by atoms with Gasteiger partial charge in [0, 0.05) is 6.42 Å². The zero-order valence-corrected chi connectivity index (χ0v) is 22.2. The second-order valence-corrected chi connectivity index (χ2v) is 9.24. The lowest BCUT2D eigenvalue weighted by atomic mass is 10.1. The normalized spacial score (nSPS) is 11.0. The number of hydrogen-bond acceptors (Lipinski definition) is 5. The van der Waals surface area contributed by atoms with E-state index in [1.807, 2.05) is 19.1 Å². The van der Waals surface area contributed by atoms with E-state index in [1.165, 1.54) is 64.9 Å². The quantitative estimate of drug-likeness (QED) is 0.0818. The van der Waals surface area contributed by atoms with Gasteiger partial charge in [0.1, 0.15) is 0 Å². The van der Waals surface area contributed by atoms with E-state index in [0.29, 0.717) is 23.5 Å². The van der Waals surface area contributed by atoms with Crippen LogP contribution in [0.5, 0.6) is 11.5 Å².